The van der Waals surface area contributed by atoms with Crippen molar-refractivity contribution >= 4 is 43.5 Å². The van der Waals surface area contributed by atoms with Gasteiger partial charge < -0.3 is 9.64 Å². The minimum absolute atomic E-state index is 0.000740. The summed E-state index contributed by atoms with van der Waals surface area (Å²) in [5.41, 5.74) is 0. The fourth-order valence-electron chi connectivity index (χ4n) is 1.41. The van der Waals surface area contributed by atoms with E-state index in [2.05, 4.69) is 15.9 Å². The summed E-state index contributed by atoms with van der Waals surface area (Å²) in [6, 6.07) is 2.73. The highest BCUT2D eigenvalue weighted by Gasteiger charge is 2.21. The number of likely N-dealkylation sites (N-methyl/N-ethyl adjacent to an activating group) is 1. The molecule has 0 saturated carbocycles. The maximum Gasteiger partial charge on any atom is 0.260 e. The van der Waals surface area contributed by atoms with Crippen LogP contribution >= 0.6 is 27.5 Å². The second-order valence-corrected chi connectivity index (χ2v) is 7.50. The second kappa shape index (κ2) is 6.95. The topological polar surface area (TPSA) is 89.7 Å². The third-order valence-electron chi connectivity index (χ3n) is 2.79. The maximum atomic E-state index is 11.9. The van der Waals surface area contributed by atoms with Crippen molar-refractivity contribution in [2.75, 3.05) is 13.7 Å². The Hall–Kier alpha value is -0.830. The van der Waals surface area contributed by atoms with Gasteiger partial charge in [-0.05, 0) is 26.0 Å². The van der Waals surface area contributed by atoms with Crippen LogP contribution in [0.3, 0.4) is 0 Å². The van der Waals surface area contributed by atoms with E-state index in [4.69, 9.17) is 21.5 Å². The van der Waals surface area contributed by atoms with E-state index in [1.54, 1.807) is 7.05 Å². The first-order valence-electron chi connectivity index (χ1n) is 5.94. The molecule has 6 nitrogen and oxygen atoms in total. The molecule has 0 aliphatic carbocycles. The molecule has 0 aliphatic rings. The Kier molecular flexibility index (Phi) is 6.03. The van der Waals surface area contributed by atoms with E-state index in [-0.39, 0.29) is 34.2 Å². The van der Waals surface area contributed by atoms with Crippen LogP contribution in [0.2, 0.25) is 5.02 Å². The average Bonchev–Trinajstić information content (AvgIpc) is 2.34. The molecule has 118 valence electrons. The number of rotatable bonds is 5. The summed E-state index contributed by atoms with van der Waals surface area (Å²) in [5, 5.41) is 5.18. The molecule has 0 bridgehead atoms. The number of carbonyl (C=O) groups excluding carboxylic acids is 1. The zero-order valence-electron chi connectivity index (χ0n) is 11.8. The SMILES string of the molecule is CC(C)N(C)C(=O)COc1c(Cl)cc(Br)cc1S(N)(=O)=O. The van der Waals surface area contributed by atoms with Crippen LogP contribution in [0.5, 0.6) is 5.75 Å². The maximum absolute atomic E-state index is 11.9. The molecule has 1 aromatic rings. The lowest BCUT2D eigenvalue weighted by Crippen LogP contribution is -2.36. The number of hydrogen-bond acceptors (Lipinski definition) is 4. The first-order valence-corrected chi connectivity index (χ1v) is 8.66. The summed E-state index contributed by atoms with van der Waals surface area (Å²) < 4.78 is 28.9. The minimum atomic E-state index is -4.03. The van der Waals surface area contributed by atoms with Gasteiger partial charge in [-0.15, -0.1) is 0 Å². The summed E-state index contributed by atoms with van der Waals surface area (Å²) in [5.74, 6) is -0.433. The number of amides is 1. The fourth-order valence-corrected chi connectivity index (χ4v) is 3.20. The van der Waals surface area contributed by atoms with Gasteiger partial charge in [0.2, 0.25) is 10.0 Å². The van der Waals surface area contributed by atoms with Crippen molar-refractivity contribution in [3.63, 3.8) is 0 Å². The molecule has 1 rings (SSSR count). The number of carbonyl (C=O) groups is 1. The zero-order chi connectivity index (χ0) is 16.4. The molecule has 21 heavy (non-hydrogen) atoms. The van der Waals surface area contributed by atoms with Crippen molar-refractivity contribution in [2.45, 2.75) is 24.8 Å². The number of nitrogens with two attached hydrogens (primary N) is 1. The Morgan fingerprint density at radius 1 is 1.48 bits per heavy atom. The lowest BCUT2D eigenvalue weighted by atomic mass is 10.3. The van der Waals surface area contributed by atoms with E-state index in [9.17, 15) is 13.2 Å². The monoisotopic (exact) mass is 398 g/mol. The third kappa shape index (κ3) is 4.84. The number of primary sulfonamides is 1. The Morgan fingerprint density at radius 3 is 2.52 bits per heavy atom. The molecule has 0 saturated heterocycles. The zero-order valence-corrected chi connectivity index (χ0v) is 14.9. The normalized spacial score (nSPS) is 11.6. The summed E-state index contributed by atoms with van der Waals surface area (Å²) >= 11 is 9.09. The smallest absolute Gasteiger partial charge is 0.260 e. The van der Waals surface area contributed by atoms with Crippen LogP contribution in [0.15, 0.2) is 21.5 Å². The lowest BCUT2D eigenvalue weighted by molar-refractivity contribution is -0.133. The van der Waals surface area contributed by atoms with Gasteiger partial charge in [0, 0.05) is 17.6 Å². The van der Waals surface area contributed by atoms with E-state index in [0.717, 1.165) is 0 Å². The number of halogens is 2. The van der Waals surface area contributed by atoms with E-state index in [1.165, 1.54) is 17.0 Å². The van der Waals surface area contributed by atoms with Gasteiger partial charge in [-0.2, -0.15) is 0 Å². The van der Waals surface area contributed by atoms with Crippen LogP contribution in [0.1, 0.15) is 13.8 Å². The molecule has 1 aromatic carbocycles. The van der Waals surface area contributed by atoms with Crippen LogP contribution in [0.4, 0.5) is 0 Å². The average molecular weight is 400 g/mol. The molecule has 0 heterocycles. The van der Waals surface area contributed by atoms with Crippen LogP contribution in [0, 0.1) is 0 Å². The van der Waals surface area contributed by atoms with Gasteiger partial charge in [-0.3, -0.25) is 4.79 Å². The molecule has 9 heteroatoms. The molecule has 0 radical (unpaired) electrons. The molecule has 0 spiro atoms. The van der Waals surface area contributed by atoms with Crippen LogP contribution in [-0.4, -0.2) is 38.9 Å². The largest absolute Gasteiger partial charge is 0.481 e. The van der Waals surface area contributed by atoms with Gasteiger partial charge in [0.05, 0.1) is 5.02 Å². The molecule has 0 aromatic heterocycles. The molecule has 2 N–H and O–H groups in total. The number of benzene rings is 1. The Labute approximate surface area is 137 Å². The lowest BCUT2D eigenvalue weighted by Gasteiger charge is -2.22. The van der Waals surface area contributed by atoms with Gasteiger partial charge in [-0.1, -0.05) is 27.5 Å². The van der Waals surface area contributed by atoms with Crippen LogP contribution in [0.25, 0.3) is 0 Å². The number of hydrogen-bond donors (Lipinski definition) is 1. The van der Waals surface area contributed by atoms with Crippen molar-refractivity contribution < 1.29 is 17.9 Å². The molecule has 1 amide bonds. The van der Waals surface area contributed by atoms with Gasteiger partial charge in [-0.25, -0.2) is 13.6 Å². The highest BCUT2D eigenvalue weighted by Crippen LogP contribution is 2.34. The number of nitrogens with zero attached hydrogens (tertiary/aromatic N) is 1. The molecule has 0 fully saturated rings. The van der Waals surface area contributed by atoms with E-state index < -0.39 is 10.0 Å². The fraction of sp³-hybridized carbons (Fsp3) is 0.417. The van der Waals surface area contributed by atoms with Gasteiger partial charge >= 0.3 is 0 Å². The molecule has 0 atom stereocenters. The van der Waals surface area contributed by atoms with Gasteiger partial charge in [0.1, 0.15) is 4.90 Å². The highest BCUT2D eigenvalue weighted by molar-refractivity contribution is 9.10. The van der Waals surface area contributed by atoms with E-state index in [1.807, 2.05) is 13.8 Å². The highest BCUT2D eigenvalue weighted by atomic mass is 79.9. The molecular weight excluding hydrogens is 384 g/mol. The van der Waals surface area contributed by atoms with Gasteiger partial charge in [0.15, 0.2) is 12.4 Å². The number of ether oxygens (including phenoxy) is 1. The van der Waals surface area contributed by atoms with Crippen LogP contribution < -0.4 is 9.88 Å². The van der Waals surface area contributed by atoms with Crippen molar-refractivity contribution in [2.24, 2.45) is 5.14 Å². The molecular formula is C12H16BrClN2O4S. The van der Waals surface area contributed by atoms with Crippen molar-refractivity contribution in [3.8, 4) is 5.75 Å². The Morgan fingerprint density at radius 2 is 2.05 bits per heavy atom. The van der Waals surface area contributed by atoms with Crippen molar-refractivity contribution in [3.05, 3.63) is 21.6 Å². The van der Waals surface area contributed by atoms with Crippen molar-refractivity contribution in [1.29, 1.82) is 0 Å². The summed E-state index contributed by atoms with van der Waals surface area (Å²) in [4.78, 5) is 13.1. The molecule has 0 aliphatic heterocycles. The minimum Gasteiger partial charge on any atom is -0.481 e. The summed E-state index contributed by atoms with van der Waals surface area (Å²) in [6.07, 6.45) is 0. The third-order valence-corrected chi connectivity index (χ3v) is 4.44. The predicted octanol–water partition coefficient (Wildman–Crippen LogP) is 2.00. The first kappa shape index (κ1) is 18.2. The standard InChI is InChI=1S/C12H16BrClN2O4S/c1-7(2)16(3)11(17)6-20-12-9(14)4-8(13)5-10(12)21(15,18)19/h4-5,7H,6H2,1-3H3,(H2,15,18,19). The van der Waals surface area contributed by atoms with Crippen LogP contribution in [-0.2, 0) is 14.8 Å². The molecule has 0 unspecified atom stereocenters. The van der Waals surface area contributed by atoms with E-state index in [0.29, 0.717) is 4.47 Å². The Bertz CT molecular complexity index is 649. The van der Waals surface area contributed by atoms with Crippen molar-refractivity contribution in [1.82, 2.24) is 4.90 Å². The summed E-state index contributed by atoms with van der Waals surface area (Å²) in [7, 11) is -2.40. The first-order chi connectivity index (χ1) is 9.54. The summed E-state index contributed by atoms with van der Waals surface area (Å²) in [6.45, 7) is 3.36. The Balaban J connectivity index is 3.07. The quantitative estimate of drug-likeness (QED) is 0.820. The van der Waals surface area contributed by atoms with Gasteiger partial charge in [0.25, 0.3) is 5.91 Å². The van der Waals surface area contributed by atoms with E-state index >= 15 is 0 Å². The predicted molar refractivity (Wildman–Crippen MR) is 83.9 cm³/mol. The second-order valence-electron chi connectivity index (χ2n) is 4.65. The number of sulfonamides is 1.